The molecule has 8 heteroatoms. The van der Waals surface area contributed by atoms with Gasteiger partial charge in [-0.05, 0) is 17.7 Å². The maximum absolute atomic E-state index is 9.14. The van der Waals surface area contributed by atoms with Gasteiger partial charge >= 0.3 is 0 Å². The van der Waals surface area contributed by atoms with E-state index in [9.17, 15) is 0 Å². The third-order valence-corrected chi connectivity index (χ3v) is 3.01. The number of aromatic nitrogens is 4. The van der Waals surface area contributed by atoms with Gasteiger partial charge < -0.3 is 14.6 Å². The second kappa shape index (κ2) is 5.55. The second-order valence-corrected chi connectivity index (χ2v) is 4.52. The highest BCUT2D eigenvalue weighted by molar-refractivity contribution is 6.29. The average molecular weight is 307 g/mol. The number of nitrogens with zero attached hydrogens (tertiary/aromatic N) is 4. The SMILES string of the molecule is COc1cc(CO)ccc1Oc1cc(Cl)nc2ncnn12. The van der Waals surface area contributed by atoms with Crippen LogP contribution >= 0.6 is 11.6 Å². The second-order valence-electron chi connectivity index (χ2n) is 4.13. The van der Waals surface area contributed by atoms with Crippen molar-refractivity contribution in [2.24, 2.45) is 0 Å². The lowest BCUT2D eigenvalue weighted by molar-refractivity contribution is 0.280. The maximum Gasteiger partial charge on any atom is 0.256 e. The van der Waals surface area contributed by atoms with Gasteiger partial charge in [0.1, 0.15) is 11.5 Å². The highest BCUT2D eigenvalue weighted by Crippen LogP contribution is 2.32. The molecule has 3 rings (SSSR count). The van der Waals surface area contributed by atoms with Gasteiger partial charge in [-0.15, -0.1) is 0 Å². The van der Waals surface area contributed by atoms with Crippen LogP contribution in [0.1, 0.15) is 5.56 Å². The molecule has 3 aromatic rings. The van der Waals surface area contributed by atoms with Crippen molar-refractivity contribution in [1.82, 2.24) is 19.6 Å². The first kappa shape index (κ1) is 13.6. The van der Waals surface area contributed by atoms with Gasteiger partial charge in [0.25, 0.3) is 5.78 Å². The summed E-state index contributed by atoms with van der Waals surface area (Å²) in [5.41, 5.74) is 0.720. The molecule has 0 aliphatic heterocycles. The van der Waals surface area contributed by atoms with E-state index in [1.165, 1.54) is 24.0 Å². The Morgan fingerprint density at radius 3 is 2.90 bits per heavy atom. The monoisotopic (exact) mass is 306 g/mol. The minimum Gasteiger partial charge on any atom is -0.493 e. The van der Waals surface area contributed by atoms with Gasteiger partial charge in [-0.25, -0.2) is 0 Å². The Bertz CT molecular complexity index is 790. The highest BCUT2D eigenvalue weighted by Gasteiger charge is 2.12. The summed E-state index contributed by atoms with van der Waals surface area (Å²) < 4.78 is 12.5. The fraction of sp³-hybridized carbons (Fsp3) is 0.154. The van der Waals surface area contributed by atoms with Crippen LogP contribution in [0.5, 0.6) is 17.4 Å². The molecule has 0 spiro atoms. The van der Waals surface area contributed by atoms with Crippen LogP contribution in [0.15, 0.2) is 30.6 Å². The molecule has 0 aliphatic rings. The maximum atomic E-state index is 9.14. The lowest BCUT2D eigenvalue weighted by Gasteiger charge is -2.11. The standard InChI is InChI=1S/C13H11ClN4O3/c1-20-10-4-8(6-19)2-3-9(10)21-12-5-11(14)17-13-15-7-16-18(12)13/h2-5,7,19H,6H2,1H3. The number of hydrogen-bond acceptors (Lipinski definition) is 6. The molecular formula is C13H11ClN4O3. The molecule has 0 radical (unpaired) electrons. The molecule has 0 atom stereocenters. The van der Waals surface area contributed by atoms with Gasteiger partial charge in [-0.3, -0.25) is 0 Å². The Hall–Kier alpha value is -2.38. The summed E-state index contributed by atoms with van der Waals surface area (Å²) in [6.45, 7) is -0.0783. The van der Waals surface area contributed by atoms with Crippen molar-refractivity contribution in [2.45, 2.75) is 6.61 Å². The third kappa shape index (κ3) is 2.61. The largest absolute Gasteiger partial charge is 0.493 e. The highest BCUT2D eigenvalue weighted by atomic mass is 35.5. The first-order valence-electron chi connectivity index (χ1n) is 6.03. The number of halogens is 1. The molecular weight excluding hydrogens is 296 g/mol. The normalized spacial score (nSPS) is 10.8. The molecule has 0 saturated carbocycles. The first-order valence-corrected chi connectivity index (χ1v) is 6.41. The van der Waals surface area contributed by atoms with Crippen molar-refractivity contribution in [3.63, 3.8) is 0 Å². The summed E-state index contributed by atoms with van der Waals surface area (Å²) in [7, 11) is 1.52. The summed E-state index contributed by atoms with van der Waals surface area (Å²) in [4.78, 5) is 7.98. The fourth-order valence-electron chi connectivity index (χ4n) is 1.84. The van der Waals surface area contributed by atoms with Crippen LogP contribution in [0.3, 0.4) is 0 Å². The molecule has 0 unspecified atom stereocenters. The molecule has 0 fully saturated rings. The molecule has 0 amide bonds. The van der Waals surface area contributed by atoms with Crippen LogP contribution < -0.4 is 9.47 Å². The fourth-order valence-corrected chi connectivity index (χ4v) is 2.01. The van der Waals surface area contributed by atoms with E-state index in [0.717, 1.165) is 5.56 Å². The van der Waals surface area contributed by atoms with E-state index in [1.807, 2.05) is 0 Å². The van der Waals surface area contributed by atoms with E-state index in [-0.39, 0.29) is 11.8 Å². The van der Waals surface area contributed by atoms with Crippen LogP contribution in [0.4, 0.5) is 0 Å². The summed E-state index contributed by atoms with van der Waals surface area (Å²) in [5, 5.41) is 13.4. The van der Waals surface area contributed by atoms with Gasteiger partial charge in [0, 0.05) is 6.07 Å². The molecule has 0 bridgehead atoms. The van der Waals surface area contributed by atoms with Crippen molar-refractivity contribution in [1.29, 1.82) is 0 Å². The van der Waals surface area contributed by atoms with Crippen molar-refractivity contribution < 1.29 is 14.6 Å². The van der Waals surface area contributed by atoms with Crippen molar-refractivity contribution in [3.05, 3.63) is 41.3 Å². The lowest BCUT2D eigenvalue weighted by atomic mass is 10.2. The molecule has 0 aliphatic carbocycles. The van der Waals surface area contributed by atoms with Crippen LogP contribution in [0, 0.1) is 0 Å². The predicted molar refractivity (Wildman–Crippen MR) is 74.8 cm³/mol. The molecule has 108 valence electrons. The molecule has 2 heterocycles. The number of hydrogen-bond donors (Lipinski definition) is 1. The van der Waals surface area contributed by atoms with E-state index in [4.69, 9.17) is 26.2 Å². The van der Waals surface area contributed by atoms with E-state index in [1.54, 1.807) is 18.2 Å². The first-order chi connectivity index (χ1) is 10.2. The summed E-state index contributed by atoms with van der Waals surface area (Å²) >= 11 is 5.93. The minimum atomic E-state index is -0.0783. The molecule has 7 nitrogen and oxygen atoms in total. The molecule has 2 aromatic heterocycles. The van der Waals surface area contributed by atoms with E-state index in [2.05, 4.69) is 15.1 Å². The Morgan fingerprint density at radius 2 is 2.14 bits per heavy atom. The van der Waals surface area contributed by atoms with Crippen molar-refractivity contribution in [2.75, 3.05) is 7.11 Å². The summed E-state index contributed by atoms with van der Waals surface area (Å²) in [6.07, 6.45) is 1.36. The zero-order valence-electron chi connectivity index (χ0n) is 11.0. The van der Waals surface area contributed by atoms with Gasteiger partial charge in [-0.1, -0.05) is 17.7 Å². The summed E-state index contributed by atoms with van der Waals surface area (Å²) in [5.74, 6) is 1.65. The number of ether oxygens (including phenoxy) is 2. The molecule has 1 aromatic carbocycles. The van der Waals surface area contributed by atoms with Crippen LogP contribution in [-0.2, 0) is 6.61 Å². The summed E-state index contributed by atoms with van der Waals surface area (Å²) in [6, 6.07) is 6.65. The number of fused-ring (bicyclic) bond motifs is 1. The van der Waals surface area contributed by atoms with Gasteiger partial charge in [0.05, 0.1) is 13.7 Å². The number of benzene rings is 1. The van der Waals surface area contributed by atoms with E-state index >= 15 is 0 Å². The zero-order chi connectivity index (χ0) is 14.8. The van der Waals surface area contributed by atoms with E-state index in [0.29, 0.717) is 23.2 Å². The lowest BCUT2D eigenvalue weighted by Crippen LogP contribution is -1.99. The van der Waals surface area contributed by atoms with Crippen LogP contribution in [0.25, 0.3) is 5.78 Å². The number of aliphatic hydroxyl groups is 1. The number of methoxy groups -OCH3 is 1. The topological polar surface area (TPSA) is 81.8 Å². The Kier molecular flexibility index (Phi) is 3.59. The third-order valence-electron chi connectivity index (χ3n) is 2.81. The number of aliphatic hydroxyl groups excluding tert-OH is 1. The van der Waals surface area contributed by atoms with Gasteiger partial charge in [0.15, 0.2) is 11.5 Å². The van der Waals surface area contributed by atoms with Crippen LogP contribution in [0.2, 0.25) is 5.15 Å². The smallest absolute Gasteiger partial charge is 0.256 e. The zero-order valence-corrected chi connectivity index (χ0v) is 11.8. The number of rotatable bonds is 4. The molecule has 0 saturated heterocycles. The minimum absolute atomic E-state index is 0.0783. The Balaban J connectivity index is 2.04. The molecule has 1 N–H and O–H groups in total. The Morgan fingerprint density at radius 1 is 1.29 bits per heavy atom. The van der Waals surface area contributed by atoms with Crippen molar-refractivity contribution in [3.8, 4) is 17.4 Å². The van der Waals surface area contributed by atoms with Gasteiger partial charge in [-0.2, -0.15) is 19.6 Å². The predicted octanol–water partition coefficient (Wildman–Crippen LogP) is 2.07. The quantitative estimate of drug-likeness (QED) is 0.743. The van der Waals surface area contributed by atoms with Crippen LogP contribution in [-0.4, -0.2) is 31.8 Å². The molecule has 21 heavy (non-hydrogen) atoms. The Labute approximate surface area is 124 Å². The van der Waals surface area contributed by atoms with Crippen molar-refractivity contribution >= 4 is 17.4 Å². The average Bonchev–Trinajstić information content (AvgIpc) is 2.96. The van der Waals surface area contributed by atoms with Gasteiger partial charge in [0.2, 0.25) is 5.88 Å². The van der Waals surface area contributed by atoms with E-state index < -0.39 is 0 Å².